The highest BCUT2D eigenvalue weighted by Gasteiger charge is 2.19. The number of aliphatic hydroxyl groups is 1. The summed E-state index contributed by atoms with van der Waals surface area (Å²) in [6, 6.07) is 15.4. The van der Waals surface area contributed by atoms with Crippen molar-refractivity contribution in [3.8, 4) is 17.2 Å². The van der Waals surface area contributed by atoms with E-state index in [1.807, 2.05) is 67.4 Å². The van der Waals surface area contributed by atoms with Gasteiger partial charge in [-0.25, -0.2) is 0 Å². The van der Waals surface area contributed by atoms with Crippen LogP contribution in [-0.2, 0) is 11.3 Å². The number of likely N-dealkylation sites (tertiary alicyclic amines) is 1. The molecule has 2 aromatic rings. The summed E-state index contributed by atoms with van der Waals surface area (Å²) >= 11 is 0. The first-order valence-corrected chi connectivity index (χ1v) is 11.3. The Kier molecular flexibility index (Phi) is 9.19. The molecule has 1 aliphatic rings. The highest BCUT2D eigenvalue weighted by Crippen LogP contribution is 2.26. The van der Waals surface area contributed by atoms with E-state index in [0.717, 1.165) is 24.3 Å². The molecule has 32 heavy (non-hydrogen) atoms. The third-order valence-corrected chi connectivity index (χ3v) is 5.28. The van der Waals surface area contributed by atoms with Crippen LogP contribution in [0.4, 0.5) is 0 Å². The van der Waals surface area contributed by atoms with Crippen LogP contribution in [0.25, 0.3) is 0 Å². The molecule has 2 aromatic carbocycles. The second-order valence-corrected chi connectivity index (χ2v) is 8.02. The van der Waals surface area contributed by atoms with Gasteiger partial charge in [0.1, 0.15) is 25.1 Å². The van der Waals surface area contributed by atoms with Crippen molar-refractivity contribution in [2.45, 2.75) is 32.4 Å². The SMILES string of the molecule is CCOc1ccccc1OCC(O)CN(C)Cc1ccc(OCCN2CCCC2=O)cc1. The summed E-state index contributed by atoms with van der Waals surface area (Å²) in [5, 5.41) is 10.4. The summed E-state index contributed by atoms with van der Waals surface area (Å²) in [5.41, 5.74) is 1.13. The van der Waals surface area contributed by atoms with Gasteiger partial charge in [0.05, 0.1) is 13.2 Å². The van der Waals surface area contributed by atoms with Crippen LogP contribution in [0.3, 0.4) is 0 Å². The molecule has 0 spiro atoms. The Labute approximate surface area is 190 Å². The minimum Gasteiger partial charge on any atom is -0.492 e. The van der Waals surface area contributed by atoms with E-state index in [9.17, 15) is 9.90 Å². The zero-order valence-electron chi connectivity index (χ0n) is 19.0. The number of likely N-dealkylation sites (N-methyl/N-ethyl adjacent to an activating group) is 1. The lowest BCUT2D eigenvalue weighted by atomic mass is 10.2. The van der Waals surface area contributed by atoms with Gasteiger partial charge in [-0.2, -0.15) is 0 Å². The third kappa shape index (κ3) is 7.43. The lowest BCUT2D eigenvalue weighted by Gasteiger charge is -2.21. The maximum atomic E-state index is 11.6. The van der Waals surface area contributed by atoms with E-state index in [-0.39, 0.29) is 12.5 Å². The Morgan fingerprint density at radius 3 is 2.44 bits per heavy atom. The molecule has 1 heterocycles. The van der Waals surface area contributed by atoms with Crippen LogP contribution in [-0.4, -0.2) is 73.4 Å². The molecule has 1 saturated heterocycles. The number of carbonyl (C=O) groups is 1. The molecule has 0 bridgehead atoms. The lowest BCUT2D eigenvalue weighted by Crippen LogP contribution is -2.32. The highest BCUT2D eigenvalue weighted by atomic mass is 16.5. The minimum atomic E-state index is -0.620. The van der Waals surface area contributed by atoms with Crippen LogP contribution in [0.2, 0.25) is 0 Å². The monoisotopic (exact) mass is 442 g/mol. The predicted molar refractivity (Wildman–Crippen MR) is 123 cm³/mol. The Hall–Kier alpha value is -2.77. The first-order valence-electron chi connectivity index (χ1n) is 11.3. The van der Waals surface area contributed by atoms with E-state index < -0.39 is 6.10 Å². The molecule has 7 heteroatoms. The molecule has 1 fully saturated rings. The number of amides is 1. The summed E-state index contributed by atoms with van der Waals surface area (Å²) < 4.78 is 17.1. The van der Waals surface area contributed by atoms with Crippen LogP contribution in [0.5, 0.6) is 17.2 Å². The molecule has 0 aliphatic carbocycles. The smallest absolute Gasteiger partial charge is 0.222 e. The summed E-state index contributed by atoms with van der Waals surface area (Å²) in [7, 11) is 1.97. The van der Waals surface area contributed by atoms with Crippen LogP contribution in [0, 0.1) is 0 Å². The first-order chi connectivity index (χ1) is 15.5. The van der Waals surface area contributed by atoms with E-state index >= 15 is 0 Å². The van der Waals surface area contributed by atoms with Gasteiger partial charge in [0, 0.05) is 26.1 Å². The number of carbonyl (C=O) groups excluding carboxylic acids is 1. The fourth-order valence-electron chi connectivity index (χ4n) is 3.72. The van der Waals surface area contributed by atoms with Gasteiger partial charge >= 0.3 is 0 Å². The number of aliphatic hydroxyl groups excluding tert-OH is 1. The Bertz CT molecular complexity index is 842. The van der Waals surface area contributed by atoms with Crippen molar-refractivity contribution in [2.24, 2.45) is 0 Å². The van der Waals surface area contributed by atoms with Gasteiger partial charge in [-0.3, -0.25) is 9.69 Å². The average molecular weight is 443 g/mol. The van der Waals surface area contributed by atoms with Crippen molar-refractivity contribution >= 4 is 5.91 Å². The van der Waals surface area contributed by atoms with E-state index in [0.29, 0.717) is 50.8 Å². The molecular formula is C25H34N2O5. The van der Waals surface area contributed by atoms with Crippen molar-refractivity contribution in [2.75, 3.05) is 46.5 Å². The highest BCUT2D eigenvalue weighted by molar-refractivity contribution is 5.78. The molecule has 1 atom stereocenters. The predicted octanol–water partition coefficient (Wildman–Crippen LogP) is 2.96. The topological polar surface area (TPSA) is 71.5 Å². The average Bonchev–Trinajstić information content (AvgIpc) is 3.19. The molecule has 1 aliphatic heterocycles. The summed E-state index contributed by atoms with van der Waals surface area (Å²) in [6.45, 7) is 5.85. The zero-order valence-corrected chi connectivity index (χ0v) is 19.0. The maximum absolute atomic E-state index is 11.6. The third-order valence-electron chi connectivity index (χ3n) is 5.28. The number of hydrogen-bond donors (Lipinski definition) is 1. The summed E-state index contributed by atoms with van der Waals surface area (Å²) in [4.78, 5) is 15.5. The number of para-hydroxylation sites is 2. The number of nitrogens with zero attached hydrogens (tertiary/aromatic N) is 2. The van der Waals surface area contributed by atoms with Crippen molar-refractivity contribution in [1.82, 2.24) is 9.80 Å². The molecule has 3 rings (SSSR count). The quantitative estimate of drug-likeness (QED) is 0.514. The largest absolute Gasteiger partial charge is 0.492 e. The fourth-order valence-corrected chi connectivity index (χ4v) is 3.72. The van der Waals surface area contributed by atoms with Gasteiger partial charge in [0.2, 0.25) is 5.91 Å². The van der Waals surface area contributed by atoms with Crippen molar-refractivity contribution < 1.29 is 24.1 Å². The Balaban J connectivity index is 1.37. The molecule has 0 aromatic heterocycles. The Morgan fingerprint density at radius 2 is 1.78 bits per heavy atom. The van der Waals surface area contributed by atoms with Crippen LogP contribution < -0.4 is 14.2 Å². The molecule has 1 unspecified atom stereocenters. The van der Waals surface area contributed by atoms with Crippen LogP contribution in [0.15, 0.2) is 48.5 Å². The number of ether oxygens (including phenoxy) is 3. The second-order valence-electron chi connectivity index (χ2n) is 8.02. The molecule has 0 radical (unpaired) electrons. The molecule has 1 amide bonds. The lowest BCUT2D eigenvalue weighted by molar-refractivity contribution is -0.128. The molecule has 7 nitrogen and oxygen atoms in total. The van der Waals surface area contributed by atoms with Crippen molar-refractivity contribution in [1.29, 1.82) is 0 Å². The van der Waals surface area contributed by atoms with E-state index in [1.54, 1.807) is 0 Å². The van der Waals surface area contributed by atoms with Crippen LogP contribution in [0.1, 0.15) is 25.3 Å². The van der Waals surface area contributed by atoms with Gasteiger partial charge in [0.15, 0.2) is 11.5 Å². The first kappa shape index (κ1) is 23.9. The summed E-state index contributed by atoms with van der Waals surface area (Å²) in [6.07, 6.45) is 0.983. The standard InChI is InChI=1S/C25H34N2O5/c1-3-30-23-7-4-5-8-24(23)32-19-21(28)18-26(2)17-20-10-12-22(13-11-20)31-16-15-27-14-6-9-25(27)29/h4-5,7-8,10-13,21,28H,3,6,9,14-19H2,1-2H3. The van der Waals surface area contributed by atoms with Gasteiger partial charge in [-0.05, 0) is 50.2 Å². The molecular weight excluding hydrogens is 408 g/mol. The molecule has 1 N–H and O–H groups in total. The second kappa shape index (κ2) is 12.3. The van der Waals surface area contributed by atoms with E-state index in [4.69, 9.17) is 14.2 Å². The van der Waals surface area contributed by atoms with Gasteiger partial charge in [-0.15, -0.1) is 0 Å². The van der Waals surface area contributed by atoms with Crippen molar-refractivity contribution in [3.05, 3.63) is 54.1 Å². The fraction of sp³-hybridized carbons (Fsp3) is 0.480. The number of hydrogen-bond acceptors (Lipinski definition) is 6. The van der Waals surface area contributed by atoms with Crippen LogP contribution >= 0.6 is 0 Å². The summed E-state index contributed by atoms with van der Waals surface area (Å²) in [5.74, 6) is 2.34. The zero-order chi connectivity index (χ0) is 22.8. The molecule has 174 valence electrons. The van der Waals surface area contributed by atoms with Gasteiger partial charge in [0.25, 0.3) is 0 Å². The molecule has 0 saturated carbocycles. The van der Waals surface area contributed by atoms with E-state index in [1.165, 1.54) is 0 Å². The maximum Gasteiger partial charge on any atom is 0.222 e. The number of benzene rings is 2. The Morgan fingerprint density at radius 1 is 1.06 bits per heavy atom. The number of rotatable bonds is 13. The van der Waals surface area contributed by atoms with E-state index in [2.05, 4.69) is 4.90 Å². The van der Waals surface area contributed by atoms with Gasteiger partial charge in [-0.1, -0.05) is 24.3 Å². The normalized spacial score (nSPS) is 14.6. The van der Waals surface area contributed by atoms with Gasteiger partial charge < -0.3 is 24.2 Å². The minimum absolute atomic E-state index is 0.195. The van der Waals surface area contributed by atoms with Crippen molar-refractivity contribution in [3.63, 3.8) is 0 Å².